The molecule has 11 nitrogen and oxygen atoms in total. The van der Waals surface area contributed by atoms with Crippen LogP contribution in [0.3, 0.4) is 0 Å². The number of carbonyl (C=O) groups excluding carboxylic acids is 3. The zero-order valence-corrected chi connectivity index (χ0v) is 19.9. The van der Waals surface area contributed by atoms with E-state index in [-0.39, 0.29) is 19.0 Å². The summed E-state index contributed by atoms with van der Waals surface area (Å²) in [7, 11) is 6.16. The number of amides is 4. The summed E-state index contributed by atoms with van der Waals surface area (Å²) in [6.45, 7) is -0.204. The van der Waals surface area contributed by atoms with Crippen LogP contribution in [0.2, 0.25) is 0 Å². The zero-order valence-electron chi connectivity index (χ0n) is 19.9. The smallest absolute Gasteiger partial charge is 0.331 e. The zero-order chi connectivity index (χ0) is 25.1. The number of methoxy groups -OCH3 is 3. The fraction of sp³-hybridized carbons (Fsp3) is 0.292. The van der Waals surface area contributed by atoms with Gasteiger partial charge in [-0.1, -0.05) is 30.3 Å². The number of imide groups is 1. The van der Waals surface area contributed by atoms with E-state index < -0.39 is 18.0 Å². The number of benzene rings is 2. The van der Waals surface area contributed by atoms with Gasteiger partial charge in [0.1, 0.15) is 12.6 Å². The van der Waals surface area contributed by atoms with Crippen molar-refractivity contribution < 1.29 is 28.6 Å². The van der Waals surface area contributed by atoms with Crippen LogP contribution in [0.5, 0.6) is 17.2 Å². The summed E-state index contributed by atoms with van der Waals surface area (Å²) < 4.78 is 16.0. The van der Waals surface area contributed by atoms with E-state index in [2.05, 4.69) is 10.7 Å². The Kier molecular flexibility index (Phi) is 6.78. The van der Waals surface area contributed by atoms with Crippen molar-refractivity contribution in [2.45, 2.75) is 12.6 Å². The average Bonchev–Trinajstić information content (AvgIpc) is 3.26. The molecule has 0 spiro atoms. The van der Waals surface area contributed by atoms with Gasteiger partial charge >= 0.3 is 6.03 Å². The van der Waals surface area contributed by atoms with Crippen molar-refractivity contribution in [2.75, 3.05) is 40.2 Å². The Morgan fingerprint density at radius 2 is 1.66 bits per heavy atom. The van der Waals surface area contributed by atoms with E-state index in [4.69, 9.17) is 14.2 Å². The molecule has 4 amide bonds. The molecule has 1 fully saturated rings. The van der Waals surface area contributed by atoms with Gasteiger partial charge in [0.2, 0.25) is 11.7 Å². The maximum Gasteiger partial charge on any atom is 0.331 e. The van der Waals surface area contributed by atoms with Gasteiger partial charge in [0, 0.05) is 31.1 Å². The lowest BCUT2D eigenvalue weighted by Gasteiger charge is -2.37. The average molecular weight is 482 g/mol. The van der Waals surface area contributed by atoms with Crippen LogP contribution >= 0.6 is 0 Å². The van der Waals surface area contributed by atoms with Crippen LogP contribution in [0.25, 0.3) is 0 Å². The highest BCUT2D eigenvalue weighted by Crippen LogP contribution is 2.40. The van der Waals surface area contributed by atoms with E-state index in [1.807, 2.05) is 30.3 Å². The van der Waals surface area contributed by atoms with Gasteiger partial charge in [-0.2, -0.15) is 0 Å². The van der Waals surface area contributed by atoms with Crippen molar-refractivity contribution in [2.24, 2.45) is 0 Å². The van der Waals surface area contributed by atoms with E-state index in [0.717, 1.165) is 10.5 Å². The third-order valence-electron chi connectivity index (χ3n) is 5.67. The summed E-state index contributed by atoms with van der Waals surface area (Å²) >= 11 is 0. The first-order valence-corrected chi connectivity index (χ1v) is 10.8. The van der Waals surface area contributed by atoms with E-state index >= 15 is 0 Å². The predicted octanol–water partition coefficient (Wildman–Crippen LogP) is 1.78. The molecule has 2 aromatic carbocycles. The molecule has 0 bridgehead atoms. The predicted molar refractivity (Wildman–Crippen MR) is 127 cm³/mol. The van der Waals surface area contributed by atoms with E-state index in [1.54, 1.807) is 30.4 Å². The van der Waals surface area contributed by atoms with Gasteiger partial charge in [0.25, 0.3) is 5.91 Å². The van der Waals surface area contributed by atoms with E-state index in [9.17, 15) is 14.4 Å². The number of hydrogen-bond acceptors (Lipinski definition) is 8. The highest BCUT2D eigenvalue weighted by molar-refractivity contribution is 6.05. The van der Waals surface area contributed by atoms with Crippen LogP contribution in [-0.4, -0.2) is 73.6 Å². The maximum absolute atomic E-state index is 13.4. The van der Waals surface area contributed by atoms with Crippen molar-refractivity contribution in [1.82, 2.24) is 20.2 Å². The van der Waals surface area contributed by atoms with Crippen LogP contribution in [0.4, 0.5) is 10.5 Å². The molecule has 1 saturated heterocycles. The quantitative estimate of drug-likeness (QED) is 0.587. The van der Waals surface area contributed by atoms with Gasteiger partial charge in [0.15, 0.2) is 11.5 Å². The Hall–Kier alpha value is -4.25. The highest BCUT2D eigenvalue weighted by atomic mass is 16.5. The second-order valence-electron chi connectivity index (χ2n) is 7.97. The SMILES string of the molecule is COc1cc(NC(=O)CN2C(=O)N(Cc3ccccc3)C(=O)C3NN(C)C=C32)cc(OC)c1OC. The number of urea groups is 1. The van der Waals surface area contributed by atoms with Gasteiger partial charge in [-0.3, -0.25) is 19.4 Å². The second-order valence-corrected chi connectivity index (χ2v) is 7.97. The number of fused-ring (bicyclic) bond motifs is 1. The van der Waals surface area contributed by atoms with Gasteiger partial charge in [0.05, 0.1) is 33.6 Å². The van der Waals surface area contributed by atoms with Crippen molar-refractivity contribution in [3.63, 3.8) is 0 Å². The molecule has 2 N–H and O–H groups in total. The van der Waals surface area contributed by atoms with Gasteiger partial charge < -0.3 is 24.5 Å². The number of ether oxygens (including phenoxy) is 3. The third kappa shape index (κ3) is 4.71. The Bertz CT molecular complexity index is 1140. The molecular formula is C24H27N5O6. The van der Waals surface area contributed by atoms with Crippen molar-refractivity contribution in [1.29, 1.82) is 0 Å². The fourth-order valence-corrected chi connectivity index (χ4v) is 4.06. The monoisotopic (exact) mass is 481 g/mol. The molecule has 0 radical (unpaired) electrons. The molecule has 2 aliphatic heterocycles. The standard InChI is InChI=1S/C24H27N5O6/c1-27-13-17-21(26-27)23(31)29(12-15-8-6-5-7-9-15)24(32)28(17)14-20(30)25-16-10-18(33-2)22(35-4)19(11-16)34-3/h5-11,13,21,26H,12,14H2,1-4H3,(H,25,30). The number of anilines is 1. The largest absolute Gasteiger partial charge is 0.493 e. The summed E-state index contributed by atoms with van der Waals surface area (Å²) in [5.74, 6) is 0.300. The first-order chi connectivity index (χ1) is 16.9. The molecule has 1 unspecified atom stereocenters. The van der Waals surface area contributed by atoms with Crippen LogP contribution in [0.15, 0.2) is 54.4 Å². The minimum atomic E-state index is -0.768. The Labute approximate surface area is 202 Å². The summed E-state index contributed by atoms with van der Waals surface area (Å²) in [5.41, 5.74) is 4.63. The highest BCUT2D eigenvalue weighted by Gasteiger charge is 2.46. The van der Waals surface area contributed by atoms with E-state index in [1.165, 1.54) is 26.2 Å². The minimum Gasteiger partial charge on any atom is -0.493 e. The van der Waals surface area contributed by atoms with Crippen molar-refractivity contribution in [3.8, 4) is 17.2 Å². The van der Waals surface area contributed by atoms with Crippen molar-refractivity contribution >= 4 is 23.5 Å². The summed E-state index contributed by atoms with van der Waals surface area (Å²) in [6, 6.07) is 11.0. The molecule has 0 saturated carbocycles. The summed E-state index contributed by atoms with van der Waals surface area (Å²) in [5, 5.41) is 4.36. The number of carbonyl (C=O) groups is 3. The lowest BCUT2D eigenvalue weighted by atomic mass is 10.1. The summed E-state index contributed by atoms with van der Waals surface area (Å²) in [4.78, 5) is 41.9. The molecule has 2 aliphatic rings. The van der Waals surface area contributed by atoms with Gasteiger partial charge in [-0.25, -0.2) is 10.2 Å². The lowest BCUT2D eigenvalue weighted by Crippen LogP contribution is -2.60. The number of nitrogens with zero attached hydrogens (tertiary/aromatic N) is 3. The number of nitrogens with one attached hydrogen (secondary N) is 2. The third-order valence-corrected chi connectivity index (χ3v) is 5.67. The van der Waals surface area contributed by atoms with Crippen LogP contribution in [0, 0.1) is 0 Å². The Morgan fingerprint density at radius 3 is 2.26 bits per heavy atom. The molecular weight excluding hydrogens is 454 g/mol. The minimum absolute atomic E-state index is 0.0959. The van der Waals surface area contributed by atoms with Gasteiger partial charge in [-0.05, 0) is 5.56 Å². The first-order valence-electron chi connectivity index (χ1n) is 10.8. The van der Waals surface area contributed by atoms with Crippen LogP contribution in [0.1, 0.15) is 5.56 Å². The molecule has 1 atom stereocenters. The first kappa shape index (κ1) is 23.9. The normalized spacial score (nSPS) is 17.2. The lowest BCUT2D eigenvalue weighted by molar-refractivity contribution is -0.133. The van der Waals surface area contributed by atoms with Gasteiger partial charge in [-0.15, -0.1) is 0 Å². The second kappa shape index (κ2) is 9.94. The molecule has 2 aromatic rings. The summed E-state index contributed by atoms with van der Waals surface area (Å²) in [6.07, 6.45) is 1.63. The topological polar surface area (TPSA) is 113 Å². The molecule has 4 rings (SSSR count). The molecule has 11 heteroatoms. The number of rotatable bonds is 8. The van der Waals surface area contributed by atoms with E-state index in [0.29, 0.717) is 28.6 Å². The number of hydrazine groups is 1. The molecule has 0 aliphatic carbocycles. The van der Waals surface area contributed by atoms with Crippen LogP contribution in [-0.2, 0) is 16.1 Å². The number of hydrogen-bond donors (Lipinski definition) is 2. The Morgan fingerprint density at radius 1 is 1.00 bits per heavy atom. The molecule has 184 valence electrons. The fourth-order valence-electron chi connectivity index (χ4n) is 4.06. The maximum atomic E-state index is 13.4. The Balaban J connectivity index is 1.57. The van der Waals surface area contributed by atoms with Crippen molar-refractivity contribution in [3.05, 3.63) is 59.9 Å². The molecule has 2 heterocycles. The molecule has 0 aromatic heterocycles. The molecule has 35 heavy (non-hydrogen) atoms. The van der Waals surface area contributed by atoms with Crippen LogP contribution < -0.4 is 25.0 Å².